The summed E-state index contributed by atoms with van der Waals surface area (Å²) < 4.78 is 0. The van der Waals surface area contributed by atoms with Crippen LogP contribution in [0.4, 0.5) is 0 Å². The van der Waals surface area contributed by atoms with Crippen LogP contribution in [-0.2, 0) is 4.79 Å². The molecule has 1 aliphatic rings. The van der Waals surface area contributed by atoms with Crippen LogP contribution in [0.3, 0.4) is 0 Å². The molecule has 0 saturated heterocycles. The van der Waals surface area contributed by atoms with Gasteiger partial charge in [0.25, 0.3) is 0 Å². The van der Waals surface area contributed by atoms with Gasteiger partial charge in [-0.25, -0.2) is 0 Å². The van der Waals surface area contributed by atoms with Crippen molar-refractivity contribution in [1.82, 2.24) is 5.32 Å². The SMILES string of the molecule is CSCC(C)C(=O)NC1CCCCC1CN. The van der Waals surface area contributed by atoms with Gasteiger partial charge in [-0.15, -0.1) is 0 Å². The molecule has 1 aliphatic carbocycles. The smallest absolute Gasteiger partial charge is 0.223 e. The van der Waals surface area contributed by atoms with Gasteiger partial charge in [-0.1, -0.05) is 19.8 Å². The van der Waals surface area contributed by atoms with E-state index in [9.17, 15) is 4.79 Å². The highest BCUT2D eigenvalue weighted by Gasteiger charge is 2.26. The summed E-state index contributed by atoms with van der Waals surface area (Å²) in [6.45, 7) is 2.69. The van der Waals surface area contributed by atoms with Crippen molar-refractivity contribution in [3.63, 3.8) is 0 Å². The molecular formula is C12H24N2OS. The first-order valence-electron chi connectivity index (χ1n) is 6.18. The quantitative estimate of drug-likeness (QED) is 0.772. The normalized spacial score (nSPS) is 27.4. The van der Waals surface area contributed by atoms with Crippen LogP contribution in [0.25, 0.3) is 0 Å². The van der Waals surface area contributed by atoms with Gasteiger partial charge in [-0.05, 0) is 31.6 Å². The van der Waals surface area contributed by atoms with Crippen molar-refractivity contribution in [2.24, 2.45) is 17.6 Å². The number of nitrogens with two attached hydrogens (primary N) is 1. The third-order valence-electron chi connectivity index (χ3n) is 3.40. The lowest BCUT2D eigenvalue weighted by Crippen LogP contribution is -2.46. The zero-order valence-electron chi connectivity index (χ0n) is 10.4. The fourth-order valence-electron chi connectivity index (χ4n) is 2.33. The van der Waals surface area contributed by atoms with E-state index in [2.05, 4.69) is 5.32 Å². The van der Waals surface area contributed by atoms with E-state index in [1.165, 1.54) is 19.3 Å². The van der Waals surface area contributed by atoms with Gasteiger partial charge in [-0.2, -0.15) is 11.8 Å². The van der Waals surface area contributed by atoms with Gasteiger partial charge < -0.3 is 11.1 Å². The van der Waals surface area contributed by atoms with Gasteiger partial charge in [0.2, 0.25) is 5.91 Å². The molecule has 0 aromatic rings. The molecule has 4 heteroatoms. The average molecular weight is 244 g/mol. The molecule has 3 nitrogen and oxygen atoms in total. The number of hydrogen-bond acceptors (Lipinski definition) is 3. The predicted octanol–water partition coefficient (Wildman–Crippen LogP) is 1.62. The molecule has 1 fully saturated rings. The lowest BCUT2D eigenvalue weighted by Gasteiger charge is -2.32. The predicted molar refractivity (Wildman–Crippen MR) is 70.5 cm³/mol. The van der Waals surface area contributed by atoms with E-state index in [0.717, 1.165) is 12.2 Å². The van der Waals surface area contributed by atoms with Crippen molar-refractivity contribution in [3.05, 3.63) is 0 Å². The van der Waals surface area contributed by atoms with Crippen LogP contribution >= 0.6 is 11.8 Å². The van der Waals surface area contributed by atoms with Gasteiger partial charge >= 0.3 is 0 Å². The highest BCUT2D eigenvalue weighted by Crippen LogP contribution is 2.23. The van der Waals surface area contributed by atoms with Crippen molar-refractivity contribution in [3.8, 4) is 0 Å². The Kier molecular flexibility index (Phi) is 6.21. The Balaban J connectivity index is 2.41. The minimum atomic E-state index is 0.107. The fraction of sp³-hybridized carbons (Fsp3) is 0.917. The van der Waals surface area contributed by atoms with E-state index in [1.54, 1.807) is 11.8 Å². The van der Waals surface area contributed by atoms with E-state index in [-0.39, 0.29) is 11.8 Å². The second-order valence-corrected chi connectivity index (χ2v) is 5.66. The molecule has 16 heavy (non-hydrogen) atoms. The number of thioether (sulfide) groups is 1. The van der Waals surface area contributed by atoms with E-state index in [4.69, 9.17) is 5.73 Å². The van der Waals surface area contributed by atoms with Gasteiger partial charge in [0.15, 0.2) is 0 Å². The molecule has 1 amide bonds. The molecule has 0 aromatic carbocycles. The Hall–Kier alpha value is -0.220. The van der Waals surface area contributed by atoms with Crippen LogP contribution in [0.15, 0.2) is 0 Å². The zero-order chi connectivity index (χ0) is 12.0. The highest BCUT2D eigenvalue weighted by atomic mass is 32.2. The number of hydrogen-bond donors (Lipinski definition) is 2. The largest absolute Gasteiger partial charge is 0.353 e. The van der Waals surface area contributed by atoms with Crippen LogP contribution in [0.2, 0.25) is 0 Å². The Morgan fingerprint density at radius 2 is 2.19 bits per heavy atom. The van der Waals surface area contributed by atoms with Gasteiger partial charge in [0.05, 0.1) is 0 Å². The molecule has 0 aliphatic heterocycles. The number of carbonyl (C=O) groups excluding carboxylic acids is 1. The summed E-state index contributed by atoms with van der Waals surface area (Å²) in [6.07, 6.45) is 6.78. The molecule has 3 atom stereocenters. The summed E-state index contributed by atoms with van der Waals surface area (Å²) in [5.41, 5.74) is 5.75. The number of rotatable bonds is 5. The third kappa shape index (κ3) is 3.98. The molecular weight excluding hydrogens is 220 g/mol. The van der Waals surface area contributed by atoms with E-state index in [1.807, 2.05) is 13.2 Å². The highest BCUT2D eigenvalue weighted by molar-refractivity contribution is 7.98. The van der Waals surface area contributed by atoms with Crippen molar-refractivity contribution < 1.29 is 4.79 Å². The van der Waals surface area contributed by atoms with Gasteiger partial charge in [-0.3, -0.25) is 4.79 Å². The monoisotopic (exact) mass is 244 g/mol. The van der Waals surface area contributed by atoms with Crippen molar-refractivity contribution >= 4 is 17.7 Å². The molecule has 3 unspecified atom stereocenters. The second kappa shape index (κ2) is 7.17. The summed E-state index contributed by atoms with van der Waals surface area (Å²) in [7, 11) is 0. The van der Waals surface area contributed by atoms with E-state index >= 15 is 0 Å². The molecule has 0 bridgehead atoms. The maximum absolute atomic E-state index is 11.9. The lowest BCUT2D eigenvalue weighted by atomic mass is 9.84. The zero-order valence-corrected chi connectivity index (χ0v) is 11.2. The molecule has 0 radical (unpaired) electrons. The summed E-state index contributed by atoms with van der Waals surface area (Å²) in [4.78, 5) is 11.9. The van der Waals surface area contributed by atoms with Crippen molar-refractivity contribution in [1.29, 1.82) is 0 Å². The van der Waals surface area contributed by atoms with Crippen LogP contribution in [0, 0.1) is 11.8 Å². The Morgan fingerprint density at radius 1 is 1.50 bits per heavy atom. The molecule has 0 heterocycles. The molecule has 0 spiro atoms. The first kappa shape index (κ1) is 13.8. The summed E-state index contributed by atoms with van der Waals surface area (Å²) in [5.74, 6) is 1.68. The van der Waals surface area contributed by atoms with E-state index in [0.29, 0.717) is 18.5 Å². The summed E-state index contributed by atoms with van der Waals surface area (Å²) >= 11 is 1.72. The first-order valence-corrected chi connectivity index (χ1v) is 7.57. The van der Waals surface area contributed by atoms with E-state index < -0.39 is 0 Å². The molecule has 1 rings (SSSR count). The van der Waals surface area contributed by atoms with Crippen molar-refractivity contribution in [2.75, 3.05) is 18.6 Å². The number of carbonyl (C=O) groups is 1. The molecule has 3 N–H and O–H groups in total. The summed E-state index contributed by atoms with van der Waals surface area (Å²) in [6, 6.07) is 0.315. The standard InChI is InChI=1S/C12H24N2OS/c1-9(8-16-2)12(15)14-11-6-4-3-5-10(11)7-13/h9-11H,3-8,13H2,1-2H3,(H,14,15). The number of amides is 1. The summed E-state index contributed by atoms with van der Waals surface area (Å²) in [5, 5.41) is 3.17. The minimum Gasteiger partial charge on any atom is -0.353 e. The van der Waals surface area contributed by atoms with Crippen LogP contribution in [-0.4, -0.2) is 30.5 Å². The third-order valence-corrected chi connectivity index (χ3v) is 4.24. The van der Waals surface area contributed by atoms with Crippen LogP contribution in [0.5, 0.6) is 0 Å². The second-order valence-electron chi connectivity index (χ2n) is 4.75. The average Bonchev–Trinajstić information content (AvgIpc) is 2.30. The maximum atomic E-state index is 11.9. The molecule has 0 aromatic heterocycles. The Labute approximate surface area is 103 Å². The Bertz CT molecular complexity index is 223. The molecule has 1 saturated carbocycles. The Morgan fingerprint density at radius 3 is 2.81 bits per heavy atom. The van der Waals surface area contributed by atoms with Crippen molar-refractivity contribution in [2.45, 2.75) is 38.6 Å². The van der Waals surface area contributed by atoms with Crippen LogP contribution in [0.1, 0.15) is 32.6 Å². The number of nitrogens with one attached hydrogen (secondary N) is 1. The first-order chi connectivity index (χ1) is 7.69. The minimum absolute atomic E-state index is 0.107. The topological polar surface area (TPSA) is 55.1 Å². The van der Waals surface area contributed by atoms with Gasteiger partial charge in [0.1, 0.15) is 0 Å². The van der Waals surface area contributed by atoms with Gasteiger partial charge in [0, 0.05) is 17.7 Å². The van der Waals surface area contributed by atoms with Crippen LogP contribution < -0.4 is 11.1 Å². The molecule has 94 valence electrons. The fourth-order valence-corrected chi connectivity index (χ4v) is 2.98. The maximum Gasteiger partial charge on any atom is 0.223 e. The lowest BCUT2D eigenvalue weighted by molar-refractivity contribution is -0.125.